The lowest BCUT2D eigenvalue weighted by Crippen LogP contribution is -2.46. The SMILES string of the molecule is CCN(CC)C(CNC(=NC)NCC1CCN(CCOC)CC1)c1ccccc1.I. The maximum atomic E-state index is 5.19. The molecule has 7 heteroatoms. The van der Waals surface area contributed by atoms with Crippen molar-refractivity contribution in [3.63, 3.8) is 0 Å². The van der Waals surface area contributed by atoms with Gasteiger partial charge in [-0.1, -0.05) is 44.2 Å². The highest BCUT2D eigenvalue weighted by molar-refractivity contribution is 14.0. The summed E-state index contributed by atoms with van der Waals surface area (Å²) in [6.45, 7) is 12.6. The van der Waals surface area contributed by atoms with E-state index in [4.69, 9.17) is 4.74 Å². The Balaban J connectivity index is 0.00000450. The Kier molecular flexibility index (Phi) is 14.3. The van der Waals surface area contributed by atoms with Gasteiger partial charge in [-0.2, -0.15) is 0 Å². The number of methoxy groups -OCH3 is 1. The van der Waals surface area contributed by atoms with Gasteiger partial charge in [0, 0.05) is 33.8 Å². The Morgan fingerprint density at radius 1 is 1.17 bits per heavy atom. The minimum atomic E-state index is 0. The van der Waals surface area contributed by atoms with Crippen molar-refractivity contribution in [1.29, 1.82) is 0 Å². The number of guanidine groups is 1. The zero-order valence-corrected chi connectivity index (χ0v) is 21.6. The number of ether oxygens (including phenoxy) is 1. The third kappa shape index (κ3) is 9.08. The molecule has 1 fully saturated rings. The maximum Gasteiger partial charge on any atom is 0.191 e. The Bertz CT molecular complexity index is 574. The molecule has 0 aromatic heterocycles. The van der Waals surface area contributed by atoms with E-state index in [0.717, 1.165) is 45.3 Å². The highest BCUT2D eigenvalue weighted by Gasteiger charge is 2.20. The first-order valence-corrected chi connectivity index (χ1v) is 11.2. The highest BCUT2D eigenvalue weighted by atomic mass is 127. The highest BCUT2D eigenvalue weighted by Crippen LogP contribution is 2.19. The Labute approximate surface area is 200 Å². The summed E-state index contributed by atoms with van der Waals surface area (Å²) < 4.78 is 5.19. The average molecular weight is 532 g/mol. The second-order valence-corrected chi connectivity index (χ2v) is 7.76. The van der Waals surface area contributed by atoms with Crippen LogP contribution in [0.1, 0.15) is 38.3 Å². The molecule has 1 atom stereocenters. The lowest BCUT2D eigenvalue weighted by atomic mass is 9.97. The first-order chi connectivity index (χ1) is 14.2. The van der Waals surface area contributed by atoms with Gasteiger partial charge in [-0.25, -0.2) is 0 Å². The van der Waals surface area contributed by atoms with E-state index in [-0.39, 0.29) is 24.0 Å². The second kappa shape index (κ2) is 15.8. The van der Waals surface area contributed by atoms with Crippen molar-refractivity contribution in [2.75, 3.05) is 66.6 Å². The van der Waals surface area contributed by atoms with Gasteiger partial charge in [0.05, 0.1) is 12.6 Å². The predicted molar refractivity (Wildman–Crippen MR) is 138 cm³/mol. The number of rotatable bonds is 11. The number of likely N-dealkylation sites (N-methyl/N-ethyl adjacent to an activating group) is 1. The molecule has 1 saturated heterocycles. The molecular weight excluding hydrogens is 489 g/mol. The van der Waals surface area contributed by atoms with Gasteiger partial charge < -0.3 is 20.3 Å². The van der Waals surface area contributed by atoms with Crippen molar-refractivity contribution in [2.45, 2.75) is 32.7 Å². The summed E-state index contributed by atoms with van der Waals surface area (Å²) in [5.41, 5.74) is 1.35. The number of piperidine rings is 1. The summed E-state index contributed by atoms with van der Waals surface area (Å²) in [6.07, 6.45) is 2.47. The average Bonchev–Trinajstić information content (AvgIpc) is 2.78. The van der Waals surface area contributed by atoms with E-state index < -0.39 is 0 Å². The zero-order valence-electron chi connectivity index (χ0n) is 19.3. The van der Waals surface area contributed by atoms with E-state index in [2.05, 4.69) is 69.6 Å². The van der Waals surface area contributed by atoms with Crippen molar-refractivity contribution in [3.05, 3.63) is 35.9 Å². The number of nitrogens with one attached hydrogen (secondary N) is 2. The van der Waals surface area contributed by atoms with Crippen molar-refractivity contribution < 1.29 is 4.74 Å². The van der Waals surface area contributed by atoms with Crippen LogP contribution < -0.4 is 10.6 Å². The number of halogens is 1. The van der Waals surface area contributed by atoms with E-state index in [1.807, 2.05) is 7.05 Å². The zero-order chi connectivity index (χ0) is 20.9. The van der Waals surface area contributed by atoms with Crippen LogP contribution in [0.15, 0.2) is 35.3 Å². The second-order valence-electron chi connectivity index (χ2n) is 7.76. The predicted octanol–water partition coefficient (Wildman–Crippen LogP) is 3.21. The largest absolute Gasteiger partial charge is 0.383 e. The number of likely N-dealkylation sites (tertiary alicyclic amines) is 1. The van der Waals surface area contributed by atoms with Crippen LogP contribution in [0.4, 0.5) is 0 Å². The van der Waals surface area contributed by atoms with Crippen LogP contribution in [0.2, 0.25) is 0 Å². The lowest BCUT2D eigenvalue weighted by molar-refractivity contribution is 0.121. The Morgan fingerprint density at radius 3 is 2.40 bits per heavy atom. The standard InChI is InChI=1S/C23H41N5O.HI/c1-5-28(6-2)22(21-10-8-7-9-11-21)19-26-23(24-3)25-18-20-12-14-27(15-13-20)16-17-29-4;/h7-11,20,22H,5-6,12-19H2,1-4H3,(H2,24,25,26);1H. The Hall–Kier alpha value is -0.900. The topological polar surface area (TPSA) is 52.1 Å². The van der Waals surface area contributed by atoms with E-state index in [1.54, 1.807) is 7.11 Å². The minimum Gasteiger partial charge on any atom is -0.383 e. The van der Waals surface area contributed by atoms with Crippen LogP contribution in [0.5, 0.6) is 0 Å². The molecule has 1 aliphatic rings. The Morgan fingerprint density at radius 2 is 1.83 bits per heavy atom. The molecule has 0 bridgehead atoms. The number of hydrogen-bond acceptors (Lipinski definition) is 4. The fourth-order valence-electron chi connectivity index (χ4n) is 4.09. The molecule has 0 amide bonds. The van der Waals surface area contributed by atoms with Crippen molar-refractivity contribution in [3.8, 4) is 0 Å². The molecule has 1 unspecified atom stereocenters. The molecule has 0 spiro atoms. The van der Waals surface area contributed by atoms with Crippen molar-refractivity contribution >= 4 is 29.9 Å². The van der Waals surface area contributed by atoms with E-state index in [0.29, 0.717) is 12.0 Å². The third-order valence-electron chi connectivity index (χ3n) is 6.00. The molecule has 6 nitrogen and oxygen atoms in total. The first kappa shape index (κ1) is 27.1. The molecule has 1 aromatic rings. The molecule has 1 aromatic carbocycles. The van der Waals surface area contributed by atoms with Crippen molar-refractivity contribution in [2.24, 2.45) is 10.9 Å². The van der Waals surface area contributed by atoms with Gasteiger partial charge in [-0.3, -0.25) is 9.89 Å². The molecule has 30 heavy (non-hydrogen) atoms. The summed E-state index contributed by atoms with van der Waals surface area (Å²) in [4.78, 5) is 9.45. The molecule has 0 aliphatic carbocycles. The van der Waals surface area contributed by atoms with Crippen LogP contribution in [0.25, 0.3) is 0 Å². The summed E-state index contributed by atoms with van der Waals surface area (Å²) >= 11 is 0. The van der Waals surface area contributed by atoms with Gasteiger partial charge in [0.2, 0.25) is 0 Å². The first-order valence-electron chi connectivity index (χ1n) is 11.2. The summed E-state index contributed by atoms with van der Waals surface area (Å²) in [5.74, 6) is 1.61. The number of aliphatic imine (C=N–C) groups is 1. The van der Waals surface area contributed by atoms with Crippen LogP contribution in [-0.2, 0) is 4.74 Å². The molecule has 0 saturated carbocycles. The van der Waals surface area contributed by atoms with E-state index in [9.17, 15) is 0 Å². The normalized spacial score (nSPS) is 16.9. The van der Waals surface area contributed by atoms with E-state index >= 15 is 0 Å². The summed E-state index contributed by atoms with van der Waals surface area (Å²) in [7, 11) is 3.63. The monoisotopic (exact) mass is 531 g/mol. The van der Waals surface area contributed by atoms with Gasteiger partial charge >= 0.3 is 0 Å². The van der Waals surface area contributed by atoms with Gasteiger partial charge in [0.1, 0.15) is 0 Å². The molecule has 172 valence electrons. The fourth-order valence-corrected chi connectivity index (χ4v) is 4.09. The van der Waals surface area contributed by atoms with Crippen LogP contribution in [0.3, 0.4) is 0 Å². The molecule has 0 radical (unpaired) electrons. The van der Waals surface area contributed by atoms with Gasteiger partial charge in [0.15, 0.2) is 5.96 Å². The van der Waals surface area contributed by atoms with Crippen LogP contribution in [-0.4, -0.2) is 82.3 Å². The number of benzene rings is 1. The molecular formula is C23H42IN5O. The van der Waals surface area contributed by atoms with Crippen molar-refractivity contribution in [1.82, 2.24) is 20.4 Å². The number of nitrogens with zero attached hydrogens (tertiary/aromatic N) is 3. The quantitative estimate of drug-likeness (QED) is 0.261. The molecule has 1 aliphatic heterocycles. The summed E-state index contributed by atoms with van der Waals surface area (Å²) in [5, 5.41) is 7.12. The molecule has 1 heterocycles. The molecule has 2 N–H and O–H groups in total. The van der Waals surface area contributed by atoms with Gasteiger partial charge in [-0.05, 0) is 50.5 Å². The summed E-state index contributed by atoms with van der Waals surface area (Å²) in [6, 6.07) is 11.1. The number of hydrogen-bond donors (Lipinski definition) is 2. The lowest BCUT2D eigenvalue weighted by Gasteiger charge is -2.33. The fraction of sp³-hybridized carbons (Fsp3) is 0.696. The molecule has 2 rings (SSSR count). The minimum absolute atomic E-state index is 0. The van der Waals surface area contributed by atoms with Gasteiger partial charge in [-0.15, -0.1) is 24.0 Å². The van der Waals surface area contributed by atoms with E-state index in [1.165, 1.54) is 31.5 Å². The van der Waals surface area contributed by atoms with Crippen LogP contribution >= 0.6 is 24.0 Å². The third-order valence-corrected chi connectivity index (χ3v) is 6.00. The van der Waals surface area contributed by atoms with Crippen LogP contribution in [0, 0.1) is 5.92 Å². The smallest absolute Gasteiger partial charge is 0.191 e. The van der Waals surface area contributed by atoms with Gasteiger partial charge in [0.25, 0.3) is 0 Å². The maximum absolute atomic E-state index is 5.19.